The molecular weight excluding hydrogens is 242 g/mol. The summed E-state index contributed by atoms with van der Waals surface area (Å²) in [5.74, 6) is 0. The number of rotatable bonds is 3. The van der Waals surface area contributed by atoms with Crippen molar-refractivity contribution in [1.82, 2.24) is 4.98 Å². The van der Waals surface area contributed by atoms with Crippen LogP contribution in [0.2, 0.25) is 0 Å². The average Bonchev–Trinajstić information content (AvgIpc) is 2.38. The molecular formula is C14H15N3S. The van der Waals surface area contributed by atoms with Gasteiger partial charge < -0.3 is 10.6 Å². The van der Waals surface area contributed by atoms with Gasteiger partial charge in [0.1, 0.15) is 4.99 Å². The molecule has 4 heteroatoms. The summed E-state index contributed by atoms with van der Waals surface area (Å²) < 4.78 is 0. The van der Waals surface area contributed by atoms with E-state index in [1.807, 2.05) is 49.3 Å². The first-order chi connectivity index (χ1) is 8.59. The van der Waals surface area contributed by atoms with E-state index < -0.39 is 0 Å². The quantitative estimate of drug-likeness (QED) is 0.859. The number of hydrogen-bond acceptors (Lipinski definition) is 3. The Morgan fingerprint density at radius 1 is 1.33 bits per heavy atom. The second-order valence-electron chi connectivity index (χ2n) is 4.16. The lowest BCUT2D eigenvalue weighted by Crippen LogP contribution is -2.18. The fraction of sp³-hybridized carbons (Fsp3) is 0.143. The molecule has 3 nitrogen and oxygen atoms in total. The molecule has 0 spiro atoms. The Morgan fingerprint density at radius 2 is 2.11 bits per heavy atom. The third kappa shape index (κ3) is 2.49. The molecule has 2 N–H and O–H groups in total. The molecule has 0 amide bonds. The Hall–Kier alpha value is -1.94. The van der Waals surface area contributed by atoms with Crippen LogP contribution in [0, 0.1) is 6.92 Å². The topological polar surface area (TPSA) is 42.1 Å². The summed E-state index contributed by atoms with van der Waals surface area (Å²) in [6, 6.07) is 9.94. The van der Waals surface area contributed by atoms with Crippen LogP contribution in [0.15, 0.2) is 42.7 Å². The zero-order chi connectivity index (χ0) is 13.1. The number of aromatic nitrogens is 1. The second kappa shape index (κ2) is 5.14. The molecule has 0 saturated heterocycles. The first-order valence-corrected chi connectivity index (χ1v) is 6.04. The van der Waals surface area contributed by atoms with Gasteiger partial charge in [-0.3, -0.25) is 4.98 Å². The summed E-state index contributed by atoms with van der Waals surface area (Å²) in [7, 11) is 1.98. The highest BCUT2D eigenvalue weighted by Gasteiger charge is 2.11. The van der Waals surface area contributed by atoms with Crippen LogP contribution in [0.1, 0.15) is 11.1 Å². The number of benzene rings is 1. The molecule has 0 atom stereocenters. The Morgan fingerprint density at radius 3 is 2.72 bits per heavy atom. The first-order valence-electron chi connectivity index (χ1n) is 5.64. The number of nitrogens with two attached hydrogens (primary N) is 1. The largest absolute Gasteiger partial charge is 0.389 e. The molecule has 0 fully saturated rings. The first kappa shape index (κ1) is 12.5. The van der Waals surface area contributed by atoms with E-state index in [4.69, 9.17) is 18.0 Å². The van der Waals surface area contributed by atoms with E-state index >= 15 is 0 Å². The lowest BCUT2D eigenvalue weighted by Gasteiger charge is -2.22. The number of pyridine rings is 1. The Labute approximate surface area is 112 Å². The van der Waals surface area contributed by atoms with Gasteiger partial charge in [0.05, 0.1) is 17.6 Å². The maximum atomic E-state index is 5.77. The van der Waals surface area contributed by atoms with E-state index in [9.17, 15) is 0 Å². The molecule has 1 aromatic heterocycles. The van der Waals surface area contributed by atoms with Crippen molar-refractivity contribution in [3.05, 3.63) is 53.9 Å². The number of anilines is 2. The standard InChI is InChI=1S/C14H15N3S/c1-10-5-6-12(14(15)18)13(8-10)17(2)11-4-3-7-16-9-11/h3-9H,1-2H3,(H2,15,18). The van der Waals surface area contributed by atoms with Gasteiger partial charge in [-0.1, -0.05) is 18.3 Å². The zero-order valence-corrected chi connectivity index (χ0v) is 11.2. The third-order valence-electron chi connectivity index (χ3n) is 2.81. The molecule has 2 rings (SSSR count). The predicted octanol–water partition coefficient (Wildman–Crippen LogP) is 2.79. The fourth-order valence-corrected chi connectivity index (χ4v) is 1.99. The Kier molecular flexibility index (Phi) is 3.58. The van der Waals surface area contributed by atoms with Crippen LogP contribution in [0.25, 0.3) is 0 Å². The number of nitrogens with zero attached hydrogens (tertiary/aromatic N) is 2. The average molecular weight is 257 g/mol. The summed E-state index contributed by atoms with van der Waals surface area (Å²) in [5.41, 5.74) is 9.81. The van der Waals surface area contributed by atoms with E-state index in [1.165, 1.54) is 5.56 Å². The minimum atomic E-state index is 0.403. The van der Waals surface area contributed by atoms with Crippen LogP contribution < -0.4 is 10.6 Å². The smallest absolute Gasteiger partial charge is 0.106 e. The van der Waals surface area contributed by atoms with E-state index in [0.29, 0.717) is 4.99 Å². The maximum absolute atomic E-state index is 5.77. The molecule has 92 valence electrons. The van der Waals surface area contributed by atoms with Crippen molar-refractivity contribution in [3.63, 3.8) is 0 Å². The van der Waals surface area contributed by atoms with E-state index in [0.717, 1.165) is 16.9 Å². The Balaban J connectivity index is 2.50. The highest BCUT2D eigenvalue weighted by molar-refractivity contribution is 7.80. The summed E-state index contributed by atoms with van der Waals surface area (Å²) in [6.07, 6.45) is 3.56. The Bertz CT molecular complexity index is 567. The monoisotopic (exact) mass is 257 g/mol. The van der Waals surface area contributed by atoms with Crippen molar-refractivity contribution in [3.8, 4) is 0 Å². The molecule has 0 radical (unpaired) electrons. The van der Waals surface area contributed by atoms with Crippen molar-refractivity contribution in [2.45, 2.75) is 6.92 Å². The van der Waals surface area contributed by atoms with Gasteiger partial charge in [0.2, 0.25) is 0 Å². The zero-order valence-electron chi connectivity index (χ0n) is 10.4. The van der Waals surface area contributed by atoms with Gasteiger partial charge in [-0.15, -0.1) is 0 Å². The molecule has 0 aliphatic rings. The molecule has 0 saturated carbocycles. The van der Waals surface area contributed by atoms with Gasteiger partial charge in [0, 0.05) is 18.8 Å². The van der Waals surface area contributed by atoms with Gasteiger partial charge in [-0.25, -0.2) is 0 Å². The number of thiocarbonyl (C=S) groups is 1. The molecule has 1 aromatic carbocycles. The minimum absolute atomic E-state index is 0.403. The predicted molar refractivity (Wildman–Crippen MR) is 79.4 cm³/mol. The van der Waals surface area contributed by atoms with Crippen molar-refractivity contribution in [1.29, 1.82) is 0 Å². The molecule has 0 aliphatic carbocycles. The maximum Gasteiger partial charge on any atom is 0.106 e. The van der Waals surface area contributed by atoms with Crippen molar-refractivity contribution < 1.29 is 0 Å². The molecule has 2 aromatic rings. The van der Waals surface area contributed by atoms with Crippen molar-refractivity contribution in [2.24, 2.45) is 5.73 Å². The normalized spacial score (nSPS) is 10.1. The van der Waals surface area contributed by atoms with E-state index in [-0.39, 0.29) is 0 Å². The van der Waals surface area contributed by atoms with Crippen LogP contribution in [-0.2, 0) is 0 Å². The molecule has 18 heavy (non-hydrogen) atoms. The van der Waals surface area contributed by atoms with Gasteiger partial charge >= 0.3 is 0 Å². The van der Waals surface area contributed by atoms with Gasteiger partial charge in [0.25, 0.3) is 0 Å². The van der Waals surface area contributed by atoms with Crippen LogP contribution in [0.4, 0.5) is 11.4 Å². The van der Waals surface area contributed by atoms with Crippen molar-refractivity contribution >= 4 is 28.6 Å². The molecule has 0 unspecified atom stereocenters. The van der Waals surface area contributed by atoms with Crippen LogP contribution in [0.3, 0.4) is 0 Å². The van der Waals surface area contributed by atoms with Crippen molar-refractivity contribution in [2.75, 3.05) is 11.9 Å². The van der Waals surface area contributed by atoms with E-state index in [1.54, 1.807) is 6.20 Å². The lowest BCUT2D eigenvalue weighted by molar-refractivity contribution is 1.17. The van der Waals surface area contributed by atoms with Gasteiger partial charge in [-0.2, -0.15) is 0 Å². The summed E-state index contributed by atoms with van der Waals surface area (Å²) in [5, 5.41) is 0. The highest BCUT2D eigenvalue weighted by Crippen LogP contribution is 2.27. The van der Waals surface area contributed by atoms with Gasteiger partial charge in [0.15, 0.2) is 0 Å². The molecule has 1 heterocycles. The number of hydrogen-bond donors (Lipinski definition) is 1. The van der Waals surface area contributed by atoms with Crippen LogP contribution in [0.5, 0.6) is 0 Å². The lowest BCUT2D eigenvalue weighted by atomic mass is 10.1. The van der Waals surface area contributed by atoms with Crippen LogP contribution in [-0.4, -0.2) is 17.0 Å². The third-order valence-corrected chi connectivity index (χ3v) is 3.03. The summed E-state index contributed by atoms with van der Waals surface area (Å²) >= 11 is 5.10. The van der Waals surface area contributed by atoms with E-state index in [2.05, 4.69) is 11.1 Å². The summed E-state index contributed by atoms with van der Waals surface area (Å²) in [6.45, 7) is 2.05. The molecule has 0 bridgehead atoms. The second-order valence-corrected chi connectivity index (χ2v) is 4.59. The fourth-order valence-electron chi connectivity index (χ4n) is 1.82. The SMILES string of the molecule is Cc1ccc(C(N)=S)c(N(C)c2cccnc2)c1. The summed E-state index contributed by atoms with van der Waals surface area (Å²) in [4.78, 5) is 6.56. The minimum Gasteiger partial charge on any atom is -0.389 e. The van der Waals surface area contributed by atoms with Gasteiger partial charge in [-0.05, 0) is 36.8 Å². The van der Waals surface area contributed by atoms with Crippen LogP contribution >= 0.6 is 12.2 Å². The number of aryl methyl sites for hydroxylation is 1. The molecule has 0 aliphatic heterocycles. The highest BCUT2D eigenvalue weighted by atomic mass is 32.1.